The molecule has 104 valence electrons. The molecule has 1 aromatic rings. The summed E-state index contributed by atoms with van der Waals surface area (Å²) in [6.07, 6.45) is 2.73. The van der Waals surface area contributed by atoms with Crippen molar-refractivity contribution in [3.05, 3.63) is 29.3 Å². The van der Waals surface area contributed by atoms with Crippen LogP contribution in [0.25, 0.3) is 0 Å². The first-order chi connectivity index (χ1) is 9.19. The summed E-state index contributed by atoms with van der Waals surface area (Å²) < 4.78 is 0. The van der Waals surface area contributed by atoms with Crippen LogP contribution in [0.3, 0.4) is 0 Å². The van der Waals surface area contributed by atoms with Crippen LogP contribution >= 0.6 is 11.6 Å². The summed E-state index contributed by atoms with van der Waals surface area (Å²) in [7, 11) is 0. The zero-order valence-corrected chi connectivity index (χ0v) is 12.7. The van der Waals surface area contributed by atoms with Crippen LogP contribution in [0, 0.1) is 6.92 Å². The van der Waals surface area contributed by atoms with Crippen LogP contribution in [0.4, 0.5) is 5.69 Å². The molecule has 2 heterocycles. The summed E-state index contributed by atoms with van der Waals surface area (Å²) in [5, 5.41) is 0. The lowest BCUT2D eigenvalue weighted by atomic mass is 10.0. The minimum atomic E-state index is 0.604. The van der Waals surface area contributed by atoms with Gasteiger partial charge in [0.05, 0.1) is 0 Å². The fourth-order valence-electron chi connectivity index (χ4n) is 3.65. The maximum atomic E-state index is 5.92. The predicted octanol–water partition coefficient (Wildman–Crippen LogP) is 3.41. The van der Waals surface area contributed by atoms with E-state index in [0.29, 0.717) is 11.9 Å². The number of anilines is 1. The zero-order chi connectivity index (χ0) is 13.4. The Balaban J connectivity index is 1.84. The number of benzene rings is 1. The molecule has 2 fully saturated rings. The smallest absolute Gasteiger partial charge is 0.0474 e. The van der Waals surface area contributed by atoms with Gasteiger partial charge in [-0.25, -0.2) is 0 Å². The van der Waals surface area contributed by atoms with Crippen LogP contribution in [0.2, 0.25) is 0 Å². The molecule has 2 aliphatic heterocycles. The Morgan fingerprint density at radius 2 is 2.16 bits per heavy atom. The number of piperazine rings is 1. The Morgan fingerprint density at radius 1 is 1.32 bits per heavy atom. The maximum absolute atomic E-state index is 5.92. The van der Waals surface area contributed by atoms with Gasteiger partial charge in [-0.2, -0.15) is 0 Å². The number of hydrogen-bond acceptors (Lipinski definition) is 2. The summed E-state index contributed by atoms with van der Waals surface area (Å²) in [6.45, 7) is 8.25. The molecule has 2 atom stereocenters. The van der Waals surface area contributed by atoms with Crippen molar-refractivity contribution in [2.45, 2.75) is 44.7 Å². The Morgan fingerprint density at radius 3 is 2.89 bits per heavy atom. The van der Waals surface area contributed by atoms with Crippen molar-refractivity contribution in [2.75, 3.05) is 24.5 Å². The Labute approximate surface area is 121 Å². The van der Waals surface area contributed by atoms with E-state index in [-0.39, 0.29) is 0 Å². The molecule has 2 nitrogen and oxygen atoms in total. The molecule has 2 saturated heterocycles. The van der Waals surface area contributed by atoms with Crippen LogP contribution in [-0.4, -0.2) is 36.6 Å². The molecule has 19 heavy (non-hydrogen) atoms. The topological polar surface area (TPSA) is 6.48 Å². The van der Waals surface area contributed by atoms with E-state index < -0.39 is 0 Å². The van der Waals surface area contributed by atoms with Crippen molar-refractivity contribution >= 4 is 17.3 Å². The summed E-state index contributed by atoms with van der Waals surface area (Å²) in [6, 6.07) is 8.03. The number of alkyl halides is 1. The molecule has 3 rings (SSSR count). The molecule has 0 radical (unpaired) electrons. The second-order valence-electron chi connectivity index (χ2n) is 6.05. The van der Waals surface area contributed by atoms with E-state index >= 15 is 0 Å². The van der Waals surface area contributed by atoms with Crippen molar-refractivity contribution in [2.24, 2.45) is 0 Å². The van der Waals surface area contributed by atoms with Crippen LogP contribution in [0.15, 0.2) is 18.2 Å². The van der Waals surface area contributed by atoms with Gasteiger partial charge in [0.1, 0.15) is 0 Å². The number of aryl methyl sites for hydroxylation is 1. The standard InChI is InChI=1S/C16H23ClN2/c1-12-8-14(9-17)5-6-16(12)19-11-15-4-3-7-18(15)10-13(19)2/h5-6,8,13,15H,3-4,7,9-11H2,1-2H3. The van der Waals surface area contributed by atoms with E-state index in [9.17, 15) is 0 Å². The predicted molar refractivity (Wildman–Crippen MR) is 82.1 cm³/mol. The minimum absolute atomic E-state index is 0.604. The Kier molecular flexibility index (Phi) is 3.72. The zero-order valence-electron chi connectivity index (χ0n) is 11.9. The Hall–Kier alpha value is -0.730. The number of halogens is 1. The van der Waals surface area contributed by atoms with E-state index in [4.69, 9.17) is 11.6 Å². The second-order valence-corrected chi connectivity index (χ2v) is 6.31. The average molecular weight is 279 g/mol. The molecule has 0 saturated carbocycles. The number of rotatable bonds is 2. The van der Waals surface area contributed by atoms with E-state index in [1.807, 2.05) is 0 Å². The lowest BCUT2D eigenvalue weighted by molar-refractivity contribution is 0.203. The molecule has 2 unspecified atom stereocenters. The van der Waals surface area contributed by atoms with Crippen LogP contribution in [0.5, 0.6) is 0 Å². The summed E-state index contributed by atoms with van der Waals surface area (Å²) >= 11 is 5.92. The quantitative estimate of drug-likeness (QED) is 0.765. The highest BCUT2D eigenvalue weighted by molar-refractivity contribution is 6.17. The Bertz CT molecular complexity index is 460. The van der Waals surface area contributed by atoms with Crippen molar-refractivity contribution in [3.8, 4) is 0 Å². The first-order valence-electron chi connectivity index (χ1n) is 7.35. The van der Waals surface area contributed by atoms with Gasteiger partial charge in [-0.05, 0) is 50.4 Å². The van der Waals surface area contributed by atoms with Gasteiger partial charge < -0.3 is 4.90 Å². The molecule has 0 amide bonds. The van der Waals surface area contributed by atoms with E-state index in [2.05, 4.69) is 41.8 Å². The number of nitrogens with zero attached hydrogens (tertiary/aromatic N) is 2. The van der Waals surface area contributed by atoms with Gasteiger partial charge in [-0.15, -0.1) is 11.6 Å². The van der Waals surface area contributed by atoms with Crippen molar-refractivity contribution in [3.63, 3.8) is 0 Å². The van der Waals surface area contributed by atoms with Gasteiger partial charge in [0.15, 0.2) is 0 Å². The highest BCUT2D eigenvalue weighted by atomic mass is 35.5. The van der Waals surface area contributed by atoms with Crippen molar-refractivity contribution < 1.29 is 0 Å². The third-order valence-electron chi connectivity index (χ3n) is 4.66. The van der Waals surface area contributed by atoms with Crippen LogP contribution in [-0.2, 0) is 5.88 Å². The summed E-state index contributed by atoms with van der Waals surface area (Å²) in [5.74, 6) is 0.604. The maximum Gasteiger partial charge on any atom is 0.0474 e. The number of hydrogen-bond donors (Lipinski definition) is 0. The normalized spacial score (nSPS) is 27.6. The average Bonchev–Trinajstić information content (AvgIpc) is 2.85. The van der Waals surface area contributed by atoms with Crippen molar-refractivity contribution in [1.82, 2.24) is 4.90 Å². The van der Waals surface area contributed by atoms with Crippen LogP contribution < -0.4 is 4.90 Å². The van der Waals surface area contributed by atoms with Gasteiger partial charge in [0.25, 0.3) is 0 Å². The third kappa shape index (κ3) is 2.48. The van der Waals surface area contributed by atoms with E-state index in [1.165, 1.54) is 49.3 Å². The first kappa shape index (κ1) is 13.3. The molecule has 2 aliphatic rings. The number of fused-ring (bicyclic) bond motifs is 1. The van der Waals surface area contributed by atoms with Crippen molar-refractivity contribution in [1.29, 1.82) is 0 Å². The van der Waals surface area contributed by atoms with E-state index in [0.717, 1.165) is 6.04 Å². The molecule has 0 aromatic heterocycles. The minimum Gasteiger partial charge on any atom is -0.366 e. The van der Waals surface area contributed by atoms with Gasteiger partial charge in [-0.1, -0.05) is 12.1 Å². The van der Waals surface area contributed by atoms with Gasteiger partial charge in [-0.3, -0.25) is 4.90 Å². The molecule has 0 spiro atoms. The van der Waals surface area contributed by atoms with E-state index in [1.54, 1.807) is 0 Å². The largest absolute Gasteiger partial charge is 0.366 e. The monoisotopic (exact) mass is 278 g/mol. The van der Waals surface area contributed by atoms with Crippen LogP contribution in [0.1, 0.15) is 30.9 Å². The lowest BCUT2D eigenvalue weighted by Crippen LogP contribution is -2.55. The highest BCUT2D eigenvalue weighted by Gasteiger charge is 2.34. The highest BCUT2D eigenvalue weighted by Crippen LogP contribution is 2.31. The van der Waals surface area contributed by atoms with Gasteiger partial charge in [0.2, 0.25) is 0 Å². The second kappa shape index (κ2) is 5.34. The fraction of sp³-hybridized carbons (Fsp3) is 0.625. The molecular weight excluding hydrogens is 256 g/mol. The first-order valence-corrected chi connectivity index (χ1v) is 7.88. The summed E-state index contributed by atoms with van der Waals surface area (Å²) in [5.41, 5.74) is 3.97. The molecule has 3 heteroatoms. The van der Waals surface area contributed by atoms with Gasteiger partial charge in [0, 0.05) is 36.7 Å². The summed E-state index contributed by atoms with van der Waals surface area (Å²) in [4.78, 5) is 5.27. The fourth-order valence-corrected chi connectivity index (χ4v) is 3.81. The molecule has 0 N–H and O–H groups in total. The molecule has 0 aliphatic carbocycles. The van der Waals surface area contributed by atoms with Gasteiger partial charge >= 0.3 is 0 Å². The lowest BCUT2D eigenvalue weighted by Gasteiger charge is -2.44. The molecule has 1 aromatic carbocycles. The third-order valence-corrected chi connectivity index (χ3v) is 4.97. The SMILES string of the molecule is Cc1cc(CCl)ccc1N1CC2CCCN2CC1C. The molecule has 0 bridgehead atoms. The molecular formula is C16H23ClN2.